The number of amides is 1. The maximum atomic E-state index is 12.2. The quantitative estimate of drug-likeness (QED) is 0.833. The van der Waals surface area contributed by atoms with E-state index in [1.807, 2.05) is 16.8 Å². The Bertz CT molecular complexity index is 650. The second kappa shape index (κ2) is 5.60. The third-order valence-corrected chi connectivity index (χ3v) is 3.81. The summed E-state index contributed by atoms with van der Waals surface area (Å²) in [6, 6.07) is 1.91. The summed E-state index contributed by atoms with van der Waals surface area (Å²) in [4.78, 5) is 25.5. The predicted octanol–water partition coefficient (Wildman–Crippen LogP) is 0.477. The molecule has 0 radical (unpaired) electrons. The van der Waals surface area contributed by atoms with E-state index in [2.05, 4.69) is 15.4 Å². The van der Waals surface area contributed by atoms with Crippen molar-refractivity contribution in [1.29, 1.82) is 0 Å². The molecule has 1 aliphatic carbocycles. The van der Waals surface area contributed by atoms with Gasteiger partial charge in [0.05, 0.1) is 0 Å². The molecule has 2 aromatic rings. The topological polar surface area (TPSA) is 101 Å². The van der Waals surface area contributed by atoms with Crippen LogP contribution in [0.3, 0.4) is 0 Å². The highest BCUT2D eigenvalue weighted by Gasteiger charge is 2.34. The first-order valence-electron chi connectivity index (χ1n) is 6.45. The Labute approximate surface area is 124 Å². The van der Waals surface area contributed by atoms with E-state index in [0.29, 0.717) is 5.82 Å². The molecule has 1 aliphatic rings. The number of rotatable bonds is 6. The van der Waals surface area contributed by atoms with Gasteiger partial charge in [-0.25, -0.2) is 0 Å². The van der Waals surface area contributed by atoms with Gasteiger partial charge in [-0.15, -0.1) is 10.2 Å². The number of carboxylic acids is 1. The number of aliphatic carboxylic acids is 1. The molecule has 0 atom stereocenters. The van der Waals surface area contributed by atoms with Crippen LogP contribution in [0.1, 0.15) is 12.8 Å². The van der Waals surface area contributed by atoms with Crippen LogP contribution in [0.25, 0.3) is 11.4 Å². The maximum Gasteiger partial charge on any atom is 0.323 e. The van der Waals surface area contributed by atoms with Crippen LogP contribution in [0.4, 0.5) is 0 Å². The van der Waals surface area contributed by atoms with E-state index >= 15 is 0 Å². The summed E-state index contributed by atoms with van der Waals surface area (Å²) in [6.07, 6.45) is 1.70. The first-order valence-corrected chi connectivity index (χ1v) is 7.39. The van der Waals surface area contributed by atoms with Gasteiger partial charge in [0.15, 0.2) is 0 Å². The molecule has 1 saturated carbocycles. The SMILES string of the molecule is O=C(O)CN(C(=O)Cn1nnc(-c2ccsc2)n1)C1CC1. The van der Waals surface area contributed by atoms with E-state index in [4.69, 9.17) is 5.11 Å². The third kappa shape index (κ3) is 3.24. The van der Waals surface area contributed by atoms with Crippen molar-refractivity contribution in [2.24, 2.45) is 0 Å². The van der Waals surface area contributed by atoms with Gasteiger partial charge in [-0.3, -0.25) is 9.59 Å². The van der Waals surface area contributed by atoms with Crippen molar-refractivity contribution in [3.05, 3.63) is 16.8 Å². The molecule has 9 heteroatoms. The largest absolute Gasteiger partial charge is 0.480 e. The second-order valence-corrected chi connectivity index (χ2v) is 5.58. The Morgan fingerprint density at radius 1 is 1.48 bits per heavy atom. The molecular weight excluding hydrogens is 294 g/mol. The zero-order valence-corrected chi connectivity index (χ0v) is 11.9. The van der Waals surface area contributed by atoms with Crippen molar-refractivity contribution < 1.29 is 14.7 Å². The Morgan fingerprint density at radius 3 is 2.90 bits per heavy atom. The van der Waals surface area contributed by atoms with Crippen LogP contribution >= 0.6 is 11.3 Å². The lowest BCUT2D eigenvalue weighted by Crippen LogP contribution is -2.39. The molecular formula is C12H13N5O3S. The second-order valence-electron chi connectivity index (χ2n) is 4.80. The lowest BCUT2D eigenvalue weighted by Gasteiger charge is -2.19. The average molecular weight is 307 g/mol. The van der Waals surface area contributed by atoms with Crippen molar-refractivity contribution in [3.63, 3.8) is 0 Å². The van der Waals surface area contributed by atoms with Crippen LogP contribution in [0, 0.1) is 0 Å². The Balaban J connectivity index is 1.68. The Kier molecular flexibility index (Phi) is 3.65. The summed E-state index contributed by atoms with van der Waals surface area (Å²) in [5.41, 5.74) is 0.850. The van der Waals surface area contributed by atoms with Gasteiger partial charge in [-0.05, 0) is 29.5 Å². The fraction of sp³-hybridized carbons (Fsp3) is 0.417. The van der Waals surface area contributed by atoms with Crippen LogP contribution < -0.4 is 0 Å². The van der Waals surface area contributed by atoms with E-state index < -0.39 is 5.97 Å². The molecule has 8 nitrogen and oxygen atoms in total. The van der Waals surface area contributed by atoms with E-state index in [1.54, 1.807) is 0 Å². The minimum Gasteiger partial charge on any atom is -0.480 e. The highest BCUT2D eigenvalue weighted by Crippen LogP contribution is 2.26. The van der Waals surface area contributed by atoms with Gasteiger partial charge in [-0.1, -0.05) is 0 Å². The molecule has 0 saturated heterocycles. The molecule has 1 N–H and O–H groups in total. The highest BCUT2D eigenvalue weighted by atomic mass is 32.1. The number of carboxylic acid groups (broad SMARTS) is 1. The minimum absolute atomic E-state index is 0.0356. The smallest absolute Gasteiger partial charge is 0.323 e. The zero-order chi connectivity index (χ0) is 14.8. The highest BCUT2D eigenvalue weighted by molar-refractivity contribution is 7.08. The average Bonchev–Trinajstić information content (AvgIpc) is 2.94. The Morgan fingerprint density at radius 2 is 2.29 bits per heavy atom. The number of hydrogen-bond donors (Lipinski definition) is 1. The van der Waals surface area contributed by atoms with Gasteiger partial charge in [0, 0.05) is 17.0 Å². The molecule has 21 heavy (non-hydrogen) atoms. The third-order valence-electron chi connectivity index (χ3n) is 3.12. The van der Waals surface area contributed by atoms with Crippen molar-refractivity contribution in [1.82, 2.24) is 25.1 Å². The number of tetrazole rings is 1. The molecule has 0 aromatic carbocycles. The fourth-order valence-electron chi connectivity index (χ4n) is 1.98. The Hall–Kier alpha value is -2.29. The normalized spacial score (nSPS) is 14.1. The zero-order valence-electron chi connectivity index (χ0n) is 11.0. The monoisotopic (exact) mass is 307 g/mol. The van der Waals surface area contributed by atoms with E-state index in [1.165, 1.54) is 21.0 Å². The summed E-state index contributed by atoms with van der Waals surface area (Å²) in [5.74, 6) is -0.852. The molecule has 0 bridgehead atoms. The number of carbonyl (C=O) groups excluding carboxylic acids is 1. The first kappa shape index (κ1) is 13.7. The van der Waals surface area contributed by atoms with E-state index in [9.17, 15) is 9.59 Å². The molecule has 1 fully saturated rings. The standard InChI is InChI=1S/C12H13N5O3S/c18-10(16(6-11(19)20)9-1-2-9)5-17-14-12(13-15-17)8-3-4-21-7-8/h3-4,7,9H,1-2,5-6H2,(H,19,20). The van der Waals surface area contributed by atoms with Crippen LogP contribution in [0.15, 0.2) is 16.8 Å². The van der Waals surface area contributed by atoms with Gasteiger partial charge in [0.2, 0.25) is 11.7 Å². The van der Waals surface area contributed by atoms with Crippen LogP contribution in [0.2, 0.25) is 0 Å². The molecule has 0 spiro atoms. The van der Waals surface area contributed by atoms with Gasteiger partial charge < -0.3 is 10.0 Å². The van der Waals surface area contributed by atoms with Crippen molar-refractivity contribution >= 4 is 23.2 Å². The van der Waals surface area contributed by atoms with Gasteiger partial charge in [0.1, 0.15) is 13.1 Å². The summed E-state index contributed by atoms with van der Waals surface area (Å²) in [6.45, 7) is -0.378. The molecule has 0 aliphatic heterocycles. The van der Waals surface area contributed by atoms with Crippen LogP contribution in [0.5, 0.6) is 0 Å². The van der Waals surface area contributed by atoms with Crippen molar-refractivity contribution in [2.45, 2.75) is 25.4 Å². The van der Waals surface area contributed by atoms with E-state index in [-0.39, 0.29) is 25.0 Å². The predicted molar refractivity (Wildman–Crippen MR) is 73.5 cm³/mol. The first-order chi connectivity index (χ1) is 10.1. The maximum absolute atomic E-state index is 12.2. The van der Waals surface area contributed by atoms with Gasteiger partial charge in [-0.2, -0.15) is 16.1 Å². The summed E-state index contributed by atoms with van der Waals surface area (Å²) >= 11 is 1.52. The molecule has 0 unspecified atom stereocenters. The van der Waals surface area contributed by atoms with Gasteiger partial charge in [0.25, 0.3) is 0 Å². The number of aromatic nitrogens is 4. The molecule has 2 aromatic heterocycles. The van der Waals surface area contributed by atoms with E-state index in [0.717, 1.165) is 18.4 Å². The molecule has 110 valence electrons. The van der Waals surface area contributed by atoms with Gasteiger partial charge >= 0.3 is 5.97 Å². The summed E-state index contributed by atoms with van der Waals surface area (Å²) in [5, 5.41) is 24.5. The number of hydrogen-bond acceptors (Lipinski definition) is 6. The molecule has 2 heterocycles. The lowest BCUT2D eigenvalue weighted by molar-refractivity contribution is -0.145. The summed E-state index contributed by atoms with van der Waals surface area (Å²) < 4.78 is 0. The molecule has 1 amide bonds. The summed E-state index contributed by atoms with van der Waals surface area (Å²) in [7, 11) is 0. The fourth-order valence-corrected chi connectivity index (χ4v) is 2.62. The van der Waals surface area contributed by atoms with Crippen LogP contribution in [-0.2, 0) is 16.1 Å². The number of nitrogens with zero attached hydrogens (tertiary/aromatic N) is 5. The number of thiophene rings is 1. The van der Waals surface area contributed by atoms with Crippen molar-refractivity contribution in [2.75, 3.05) is 6.54 Å². The minimum atomic E-state index is -1.01. The lowest BCUT2D eigenvalue weighted by atomic mass is 10.3. The number of carbonyl (C=O) groups is 2. The van der Waals surface area contributed by atoms with Crippen LogP contribution in [-0.4, -0.2) is 54.7 Å². The molecule has 3 rings (SSSR count). The van der Waals surface area contributed by atoms with Crippen molar-refractivity contribution in [3.8, 4) is 11.4 Å².